The monoisotopic (exact) mass is 895 g/mol. The zero-order valence-electron chi connectivity index (χ0n) is 34.4. The van der Waals surface area contributed by atoms with E-state index < -0.39 is 7.14 Å². The lowest BCUT2D eigenvalue weighted by molar-refractivity contribution is -0.120. The maximum atomic E-state index is 13.5. The highest BCUT2D eigenvalue weighted by molar-refractivity contribution is 9.10. The number of hydrogen-bond acceptors (Lipinski definition) is 13. The molecule has 15 nitrogen and oxygen atoms in total. The van der Waals surface area contributed by atoms with Gasteiger partial charge in [-0.3, -0.25) is 29.9 Å². The van der Waals surface area contributed by atoms with Gasteiger partial charge in [-0.05, 0) is 116 Å². The summed E-state index contributed by atoms with van der Waals surface area (Å²) in [5, 5.41) is 9.75. The fourth-order valence-corrected chi connectivity index (χ4v) is 10.1. The van der Waals surface area contributed by atoms with Crippen LogP contribution in [0.4, 0.5) is 45.0 Å². The van der Waals surface area contributed by atoms with Gasteiger partial charge in [0, 0.05) is 94.0 Å². The van der Waals surface area contributed by atoms with Crippen molar-refractivity contribution in [3.8, 4) is 5.75 Å². The minimum Gasteiger partial charge on any atom is -0.494 e. The number of aryl methyl sites for hydroxylation is 1. The number of piperidine rings is 1. The summed E-state index contributed by atoms with van der Waals surface area (Å²) < 4.78 is 20.0. The maximum absolute atomic E-state index is 13.5. The Morgan fingerprint density at radius 2 is 1.60 bits per heavy atom. The normalized spacial score (nSPS) is 16.9. The van der Waals surface area contributed by atoms with Crippen LogP contribution in [-0.2, 0) is 9.36 Å². The second kappa shape index (κ2) is 17.7. The van der Waals surface area contributed by atoms with Crippen molar-refractivity contribution in [3.05, 3.63) is 77.2 Å². The Kier molecular flexibility index (Phi) is 12.2. The van der Waals surface area contributed by atoms with Crippen molar-refractivity contribution < 1.29 is 18.9 Å². The number of nitrogens with one attached hydrogen (secondary N) is 3. The van der Waals surface area contributed by atoms with Crippen LogP contribution in [0.2, 0.25) is 0 Å². The van der Waals surface area contributed by atoms with Gasteiger partial charge in [0.25, 0.3) is 0 Å². The van der Waals surface area contributed by atoms with E-state index in [1.807, 2.05) is 24.3 Å². The molecule has 3 amide bonds. The van der Waals surface area contributed by atoms with Crippen molar-refractivity contribution in [3.63, 3.8) is 0 Å². The average Bonchev–Trinajstić information content (AvgIpc) is 3.24. The highest BCUT2D eigenvalue weighted by atomic mass is 79.9. The molecule has 8 rings (SSSR count). The summed E-state index contributed by atoms with van der Waals surface area (Å²) in [6.45, 7) is 13.0. The summed E-state index contributed by atoms with van der Waals surface area (Å²) in [5.74, 6) is 2.07. The van der Waals surface area contributed by atoms with Crippen molar-refractivity contribution in [2.24, 2.45) is 5.92 Å². The first-order valence-electron chi connectivity index (χ1n) is 20.4. The molecular formula is C43H51BrN11O4P. The molecule has 0 spiro atoms. The third kappa shape index (κ3) is 9.20. The number of carbonyl (C=O) groups excluding carboxylic acids is 2. The van der Waals surface area contributed by atoms with E-state index in [4.69, 9.17) is 9.72 Å². The predicted molar refractivity (Wildman–Crippen MR) is 243 cm³/mol. The molecule has 17 heteroatoms. The van der Waals surface area contributed by atoms with Gasteiger partial charge >= 0.3 is 6.03 Å². The molecule has 0 atom stereocenters. The Hall–Kier alpha value is -5.31. The second-order valence-corrected chi connectivity index (χ2v) is 20.0. The van der Waals surface area contributed by atoms with Gasteiger partial charge in [0.05, 0.1) is 33.8 Å². The van der Waals surface area contributed by atoms with Crippen molar-refractivity contribution in [1.82, 2.24) is 30.2 Å². The van der Waals surface area contributed by atoms with E-state index in [2.05, 4.69) is 92.7 Å². The summed E-state index contributed by atoms with van der Waals surface area (Å²) in [5.41, 5.74) is 6.95. The van der Waals surface area contributed by atoms with Crippen LogP contribution < -0.4 is 40.7 Å². The van der Waals surface area contributed by atoms with Gasteiger partial charge in [-0.2, -0.15) is 4.98 Å². The maximum Gasteiger partial charge on any atom is 0.328 e. The van der Waals surface area contributed by atoms with E-state index in [1.54, 1.807) is 43.9 Å². The number of anilines is 7. The summed E-state index contributed by atoms with van der Waals surface area (Å²) in [7, 11) is -1.09. The number of halogens is 1. The first-order chi connectivity index (χ1) is 28.9. The van der Waals surface area contributed by atoms with E-state index in [0.717, 1.165) is 68.4 Å². The minimum absolute atomic E-state index is 0.220. The summed E-state index contributed by atoms with van der Waals surface area (Å²) in [6, 6.07) is 15.7. The average molecular weight is 897 g/mol. The molecule has 5 heterocycles. The Labute approximate surface area is 358 Å². The number of carbonyl (C=O) groups is 2. The third-order valence-corrected chi connectivity index (χ3v) is 13.8. The van der Waals surface area contributed by atoms with Crippen LogP contribution >= 0.6 is 23.1 Å². The van der Waals surface area contributed by atoms with Crippen LogP contribution in [0.3, 0.4) is 0 Å². The van der Waals surface area contributed by atoms with Crippen LogP contribution in [0.15, 0.2) is 71.6 Å². The minimum atomic E-state index is -2.76. The van der Waals surface area contributed by atoms with Crippen molar-refractivity contribution in [1.29, 1.82) is 0 Å². The van der Waals surface area contributed by atoms with Crippen molar-refractivity contribution in [2.45, 2.75) is 32.6 Å². The number of fused-ring (bicyclic) bond motifs is 1. The quantitative estimate of drug-likeness (QED) is 0.109. The molecule has 0 bridgehead atoms. The Morgan fingerprint density at radius 1 is 0.867 bits per heavy atom. The van der Waals surface area contributed by atoms with Gasteiger partial charge < -0.3 is 29.7 Å². The van der Waals surface area contributed by atoms with E-state index in [-0.39, 0.29) is 11.9 Å². The zero-order valence-corrected chi connectivity index (χ0v) is 36.9. The first kappa shape index (κ1) is 41.4. The molecule has 3 fully saturated rings. The summed E-state index contributed by atoms with van der Waals surface area (Å²) >= 11 is 3.59. The number of imide groups is 1. The number of ether oxygens (including phenoxy) is 1. The van der Waals surface area contributed by atoms with Gasteiger partial charge in [-0.1, -0.05) is 0 Å². The highest BCUT2D eigenvalue weighted by Crippen LogP contribution is 2.42. The number of rotatable bonds is 12. The molecule has 3 aliphatic heterocycles. The number of hydrogen-bond donors (Lipinski definition) is 3. The molecule has 2 aromatic heterocycles. The summed E-state index contributed by atoms with van der Waals surface area (Å²) in [6.07, 6.45) is 8.78. The van der Waals surface area contributed by atoms with Gasteiger partial charge in [-0.25, -0.2) is 9.78 Å². The molecule has 3 aliphatic rings. The van der Waals surface area contributed by atoms with Crippen LogP contribution in [0.25, 0.3) is 11.0 Å². The van der Waals surface area contributed by atoms with Crippen molar-refractivity contribution in [2.75, 3.05) is 98.1 Å². The highest BCUT2D eigenvalue weighted by Gasteiger charge is 2.27. The smallest absolute Gasteiger partial charge is 0.328 e. The number of aromatic nitrogens is 4. The zero-order chi connectivity index (χ0) is 42.0. The molecule has 314 valence electrons. The Morgan fingerprint density at radius 3 is 2.32 bits per heavy atom. The second-order valence-electron chi connectivity index (χ2n) is 16.0. The topological polar surface area (TPSA) is 161 Å². The van der Waals surface area contributed by atoms with E-state index in [0.29, 0.717) is 62.9 Å². The molecule has 0 unspecified atom stereocenters. The van der Waals surface area contributed by atoms with E-state index >= 15 is 0 Å². The number of methoxy groups -OCH3 is 1. The molecule has 0 saturated carbocycles. The lowest BCUT2D eigenvalue weighted by atomic mass is 9.93. The van der Waals surface area contributed by atoms with E-state index in [9.17, 15) is 14.2 Å². The standard InChI is InChI=1S/C43H51BrN11O4P/c1-28-25-35(49-42-47-27-32(44)41(51-42)48-34-10-9-33-39(46-16-15-45-33)40(34)60(3,4)58)37(59-2)26-36(28)54-23-21-52(22-24-54)17-11-29-12-18-53(19-13-29)30-5-7-31(8-6-30)55-20-14-38(56)50-43(55)57/h5-10,15-16,25-27,29H,11-14,17-24H2,1-4H3,(H,50,56,57)(H2,47,48,49,51). The number of amides is 3. The molecule has 0 radical (unpaired) electrons. The molecule has 3 saturated heterocycles. The van der Waals surface area contributed by atoms with Crippen LogP contribution in [0.5, 0.6) is 5.75 Å². The SMILES string of the molecule is COc1cc(N2CCN(CCC3CCN(c4ccc(N5CCC(=O)NC5=O)cc4)CC3)CC2)c(C)cc1Nc1ncc(Br)c(Nc2ccc3nccnc3c2P(C)(C)=O)n1. The lowest BCUT2D eigenvalue weighted by Crippen LogP contribution is -2.49. The van der Waals surface area contributed by atoms with Gasteiger partial charge in [0.2, 0.25) is 11.9 Å². The summed E-state index contributed by atoms with van der Waals surface area (Å²) in [4.78, 5) is 51.1. The van der Waals surface area contributed by atoms with Crippen LogP contribution in [0, 0.1) is 12.8 Å². The molecular weight excluding hydrogens is 845 g/mol. The fourth-order valence-electron chi connectivity index (χ4n) is 8.43. The Balaban J connectivity index is 0.840. The van der Waals surface area contributed by atoms with E-state index in [1.165, 1.54) is 24.9 Å². The molecule has 3 N–H and O–H groups in total. The predicted octanol–water partition coefficient (Wildman–Crippen LogP) is 7.11. The molecule has 5 aromatic rings. The fraction of sp³-hybridized carbons (Fsp3) is 0.395. The first-order valence-corrected chi connectivity index (χ1v) is 23.8. The third-order valence-electron chi connectivity index (χ3n) is 11.7. The molecule has 60 heavy (non-hydrogen) atoms. The van der Waals surface area contributed by atoms with Gasteiger partial charge in [0.1, 0.15) is 24.2 Å². The largest absolute Gasteiger partial charge is 0.494 e. The number of piperazine rings is 1. The lowest BCUT2D eigenvalue weighted by Gasteiger charge is -2.38. The molecule has 0 aliphatic carbocycles. The number of nitrogens with zero attached hydrogens (tertiary/aromatic N) is 8. The van der Waals surface area contributed by atoms with Crippen LogP contribution in [-0.4, -0.2) is 110 Å². The number of urea groups is 1. The van der Waals surface area contributed by atoms with Gasteiger partial charge in [0.15, 0.2) is 0 Å². The van der Waals surface area contributed by atoms with Crippen molar-refractivity contribution >= 4 is 91.6 Å². The number of benzene rings is 3. The van der Waals surface area contributed by atoms with Gasteiger partial charge in [-0.15, -0.1) is 0 Å². The molecule has 3 aromatic carbocycles. The van der Waals surface area contributed by atoms with Crippen LogP contribution in [0.1, 0.15) is 31.2 Å². The Bertz CT molecular complexity index is 2430.